The first-order valence-electron chi connectivity index (χ1n) is 6.80. The van der Waals surface area contributed by atoms with Crippen molar-refractivity contribution in [2.75, 3.05) is 12.4 Å². The quantitative estimate of drug-likeness (QED) is 0.819. The Hall–Kier alpha value is -0.340. The lowest BCUT2D eigenvalue weighted by atomic mass is 9.85. The molecule has 0 aromatic heterocycles. The Morgan fingerprint density at radius 3 is 2.40 bits per heavy atom. The van der Waals surface area contributed by atoms with E-state index in [1.54, 1.807) is 13.8 Å². The van der Waals surface area contributed by atoms with Gasteiger partial charge < -0.3 is 4.74 Å². The second-order valence-electron chi connectivity index (χ2n) is 5.40. The van der Waals surface area contributed by atoms with Crippen molar-refractivity contribution in [3.63, 3.8) is 0 Å². The maximum atomic E-state index is 12.9. The molecule has 0 bridgehead atoms. The monoisotopic (exact) mass is 317 g/mol. The van der Waals surface area contributed by atoms with Crippen LogP contribution in [0.1, 0.15) is 39.5 Å². The Balaban J connectivity index is 2.59. The molecule has 0 spiro atoms. The number of alkyl halides is 3. The van der Waals surface area contributed by atoms with Gasteiger partial charge in [0.1, 0.15) is 0 Å². The minimum atomic E-state index is -4.36. The van der Waals surface area contributed by atoms with Crippen molar-refractivity contribution in [3.05, 3.63) is 0 Å². The molecular weight excluding hydrogens is 295 g/mol. The molecule has 2 atom stereocenters. The lowest BCUT2D eigenvalue weighted by Crippen LogP contribution is -2.48. The van der Waals surface area contributed by atoms with Crippen molar-refractivity contribution >= 4 is 10.0 Å². The van der Waals surface area contributed by atoms with Crippen LogP contribution in [0.5, 0.6) is 0 Å². The number of hydrogen-bond donors (Lipinski definition) is 1. The average molecular weight is 317 g/mol. The molecule has 1 saturated carbocycles. The van der Waals surface area contributed by atoms with Gasteiger partial charge in [-0.15, -0.1) is 0 Å². The summed E-state index contributed by atoms with van der Waals surface area (Å²) in [5.41, 5.74) is 0. The highest BCUT2D eigenvalue weighted by Crippen LogP contribution is 2.37. The molecule has 20 heavy (non-hydrogen) atoms. The van der Waals surface area contributed by atoms with Crippen LogP contribution >= 0.6 is 0 Å². The third kappa shape index (κ3) is 5.97. The second kappa shape index (κ2) is 7.09. The van der Waals surface area contributed by atoms with Gasteiger partial charge in [0.15, 0.2) is 0 Å². The van der Waals surface area contributed by atoms with E-state index in [4.69, 9.17) is 4.74 Å². The lowest BCUT2D eigenvalue weighted by molar-refractivity contribution is -0.187. The molecule has 1 fully saturated rings. The predicted octanol–water partition coefficient (Wildman–Crippen LogP) is 2.45. The van der Waals surface area contributed by atoms with E-state index in [1.807, 2.05) is 0 Å². The van der Waals surface area contributed by atoms with E-state index in [2.05, 4.69) is 4.72 Å². The van der Waals surface area contributed by atoms with Gasteiger partial charge in [-0.05, 0) is 26.7 Å². The van der Waals surface area contributed by atoms with E-state index < -0.39 is 28.2 Å². The normalized spacial score (nSPS) is 25.1. The zero-order valence-electron chi connectivity index (χ0n) is 11.7. The molecule has 120 valence electrons. The van der Waals surface area contributed by atoms with Crippen molar-refractivity contribution in [2.24, 2.45) is 5.92 Å². The van der Waals surface area contributed by atoms with Crippen molar-refractivity contribution in [1.82, 2.24) is 4.72 Å². The molecule has 1 rings (SSSR count). The molecule has 1 aliphatic rings. The third-order valence-corrected chi connectivity index (χ3v) is 4.69. The van der Waals surface area contributed by atoms with E-state index >= 15 is 0 Å². The Morgan fingerprint density at radius 2 is 1.85 bits per heavy atom. The van der Waals surface area contributed by atoms with Crippen LogP contribution in [-0.4, -0.2) is 39.1 Å². The summed E-state index contributed by atoms with van der Waals surface area (Å²) in [7, 11) is -3.75. The maximum absolute atomic E-state index is 12.9. The molecular formula is C12H22F3NO3S. The number of ether oxygens (including phenoxy) is 1. The minimum absolute atomic E-state index is 0.0147. The van der Waals surface area contributed by atoms with Crippen molar-refractivity contribution in [3.8, 4) is 0 Å². The fourth-order valence-electron chi connectivity index (χ4n) is 2.35. The first-order chi connectivity index (χ1) is 9.12. The molecule has 1 N–H and O–H groups in total. The summed E-state index contributed by atoms with van der Waals surface area (Å²) < 4.78 is 69.5. The van der Waals surface area contributed by atoms with E-state index in [-0.39, 0.29) is 31.3 Å². The van der Waals surface area contributed by atoms with Crippen LogP contribution in [0.3, 0.4) is 0 Å². The molecule has 1 aliphatic carbocycles. The largest absolute Gasteiger partial charge is 0.393 e. The summed E-state index contributed by atoms with van der Waals surface area (Å²) in [6, 6.07) is -1.05. The molecule has 0 saturated heterocycles. The van der Waals surface area contributed by atoms with Crippen LogP contribution in [0.25, 0.3) is 0 Å². The zero-order valence-corrected chi connectivity index (χ0v) is 12.6. The fraction of sp³-hybridized carbons (Fsp3) is 1.00. The van der Waals surface area contributed by atoms with E-state index in [0.29, 0.717) is 12.8 Å². The number of hydrogen-bond acceptors (Lipinski definition) is 3. The summed E-state index contributed by atoms with van der Waals surface area (Å²) in [4.78, 5) is 0. The first-order valence-corrected chi connectivity index (χ1v) is 8.45. The zero-order chi connectivity index (χ0) is 15.4. The molecule has 4 nitrogen and oxygen atoms in total. The van der Waals surface area contributed by atoms with Crippen LogP contribution in [0.4, 0.5) is 13.2 Å². The summed E-state index contributed by atoms with van der Waals surface area (Å²) in [5, 5.41) is 0. The van der Waals surface area contributed by atoms with E-state index in [9.17, 15) is 21.6 Å². The first kappa shape index (κ1) is 17.7. The highest BCUT2D eigenvalue weighted by Gasteiger charge is 2.46. The van der Waals surface area contributed by atoms with Gasteiger partial charge >= 0.3 is 6.18 Å². The van der Waals surface area contributed by atoms with Crippen molar-refractivity contribution in [2.45, 2.75) is 57.9 Å². The summed E-state index contributed by atoms with van der Waals surface area (Å²) in [6.07, 6.45) is -3.15. The number of rotatable bonds is 6. The molecule has 2 unspecified atom stereocenters. The molecule has 0 radical (unpaired) electrons. The average Bonchev–Trinajstić information content (AvgIpc) is 2.26. The maximum Gasteiger partial charge on any atom is 0.393 e. The van der Waals surface area contributed by atoms with Crippen LogP contribution in [0.2, 0.25) is 0 Å². The third-order valence-electron chi connectivity index (χ3n) is 3.32. The van der Waals surface area contributed by atoms with Gasteiger partial charge in [0.2, 0.25) is 10.0 Å². The van der Waals surface area contributed by atoms with Gasteiger partial charge in [-0.2, -0.15) is 13.2 Å². The van der Waals surface area contributed by atoms with Gasteiger partial charge in [0.05, 0.1) is 24.4 Å². The number of sulfonamides is 1. The molecule has 8 heteroatoms. The highest BCUT2D eigenvalue weighted by atomic mass is 32.2. The molecule has 0 aromatic carbocycles. The van der Waals surface area contributed by atoms with E-state index in [0.717, 1.165) is 0 Å². The topological polar surface area (TPSA) is 55.4 Å². The summed E-state index contributed by atoms with van der Waals surface area (Å²) >= 11 is 0. The van der Waals surface area contributed by atoms with Crippen LogP contribution in [0.15, 0.2) is 0 Å². The van der Waals surface area contributed by atoms with Crippen LogP contribution in [-0.2, 0) is 14.8 Å². The number of nitrogens with one attached hydrogen (secondary N) is 1. The predicted molar refractivity (Wildman–Crippen MR) is 69.8 cm³/mol. The summed E-state index contributed by atoms with van der Waals surface area (Å²) in [5.74, 6) is -1.90. The lowest BCUT2D eigenvalue weighted by Gasteiger charge is -2.33. The number of halogens is 3. The van der Waals surface area contributed by atoms with Gasteiger partial charge in [0, 0.05) is 6.04 Å². The van der Waals surface area contributed by atoms with Gasteiger partial charge in [-0.1, -0.05) is 12.8 Å². The highest BCUT2D eigenvalue weighted by molar-refractivity contribution is 7.89. The SMILES string of the molecule is CC(C)OCCS(=O)(=O)NC1CCCCC1C(F)(F)F. The van der Waals surface area contributed by atoms with Crippen LogP contribution < -0.4 is 4.72 Å². The van der Waals surface area contributed by atoms with Crippen molar-refractivity contribution < 1.29 is 26.3 Å². The Kier molecular flexibility index (Phi) is 6.27. The van der Waals surface area contributed by atoms with Gasteiger partial charge in [-0.25, -0.2) is 13.1 Å². The minimum Gasteiger partial charge on any atom is -0.378 e. The van der Waals surface area contributed by atoms with Gasteiger partial charge in [-0.3, -0.25) is 0 Å². The molecule has 0 heterocycles. The smallest absolute Gasteiger partial charge is 0.378 e. The Bertz CT molecular complexity index is 395. The van der Waals surface area contributed by atoms with Gasteiger partial charge in [0.25, 0.3) is 0 Å². The second-order valence-corrected chi connectivity index (χ2v) is 7.27. The molecule has 0 aliphatic heterocycles. The Labute approximate surface area is 118 Å². The van der Waals surface area contributed by atoms with Crippen LogP contribution in [0, 0.1) is 5.92 Å². The van der Waals surface area contributed by atoms with E-state index in [1.165, 1.54) is 0 Å². The summed E-state index contributed by atoms with van der Waals surface area (Å²) in [6.45, 7) is 3.51. The Morgan fingerprint density at radius 1 is 1.25 bits per heavy atom. The standard InChI is InChI=1S/C12H22F3NO3S/c1-9(2)19-7-8-20(17,18)16-11-6-4-3-5-10(11)12(13,14)15/h9-11,16H,3-8H2,1-2H3. The molecule has 0 aromatic rings. The molecule has 0 amide bonds. The van der Waals surface area contributed by atoms with Crippen molar-refractivity contribution in [1.29, 1.82) is 0 Å². The fourth-order valence-corrected chi connectivity index (χ4v) is 3.52.